The highest BCUT2D eigenvalue weighted by atomic mass is 16.5. The molecule has 6 nitrogen and oxygen atoms in total. The van der Waals surface area contributed by atoms with E-state index in [0.29, 0.717) is 24.5 Å². The van der Waals surface area contributed by atoms with Crippen molar-refractivity contribution in [1.82, 2.24) is 4.90 Å². The topological polar surface area (TPSA) is 84.7 Å². The summed E-state index contributed by atoms with van der Waals surface area (Å²) < 4.78 is 5.21. The maximum atomic E-state index is 12.1. The molecule has 1 aromatic carbocycles. The number of rotatable bonds is 8. The minimum absolute atomic E-state index is 0.0229. The molecule has 21 heavy (non-hydrogen) atoms. The Morgan fingerprint density at radius 1 is 1.29 bits per heavy atom. The summed E-state index contributed by atoms with van der Waals surface area (Å²) >= 11 is 0. The van der Waals surface area contributed by atoms with Crippen LogP contribution >= 0.6 is 0 Å². The molecule has 0 saturated heterocycles. The first kappa shape index (κ1) is 16.8. The van der Waals surface area contributed by atoms with E-state index in [1.165, 1.54) is 0 Å². The lowest BCUT2D eigenvalue weighted by molar-refractivity contribution is -0.133. The van der Waals surface area contributed by atoms with E-state index in [9.17, 15) is 9.59 Å². The minimum Gasteiger partial charge on any atom is -0.495 e. The number of carbonyl (C=O) groups is 2. The summed E-state index contributed by atoms with van der Waals surface area (Å²) in [5, 5.41) is 2.98. The Morgan fingerprint density at radius 2 is 1.90 bits per heavy atom. The van der Waals surface area contributed by atoms with Crippen LogP contribution in [0.1, 0.15) is 20.3 Å². The molecule has 0 radical (unpaired) electrons. The quantitative estimate of drug-likeness (QED) is 0.754. The van der Waals surface area contributed by atoms with Crippen LogP contribution in [0.5, 0.6) is 5.75 Å². The number of para-hydroxylation sites is 2. The number of benzene rings is 1. The predicted molar refractivity (Wildman–Crippen MR) is 82.1 cm³/mol. The van der Waals surface area contributed by atoms with Crippen molar-refractivity contribution >= 4 is 17.5 Å². The summed E-state index contributed by atoms with van der Waals surface area (Å²) in [5.74, 6) is -0.0772. The van der Waals surface area contributed by atoms with Crippen molar-refractivity contribution in [2.75, 3.05) is 25.5 Å². The number of carbonyl (C=O) groups excluding carboxylic acids is 2. The van der Waals surface area contributed by atoms with Crippen molar-refractivity contribution < 1.29 is 14.3 Å². The van der Waals surface area contributed by atoms with Gasteiger partial charge in [-0.05, 0) is 26.0 Å². The molecule has 0 fully saturated rings. The number of anilines is 1. The van der Waals surface area contributed by atoms with Gasteiger partial charge in [-0.15, -0.1) is 0 Å². The van der Waals surface area contributed by atoms with Crippen LogP contribution in [0, 0.1) is 0 Å². The third kappa shape index (κ3) is 4.66. The van der Waals surface area contributed by atoms with E-state index in [2.05, 4.69) is 5.32 Å². The summed E-state index contributed by atoms with van der Waals surface area (Å²) in [6.45, 7) is 5.01. The van der Waals surface area contributed by atoms with Gasteiger partial charge in [0.25, 0.3) is 0 Å². The van der Waals surface area contributed by atoms with Gasteiger partial charge in [-0.25, -0.2) is 0 Å². The zero-order valence-electron chi connectivity index (χ0n) is 12.8. The lowest BCUT2D eigenvalue weighted by atomic mass is 10.1. The first-order chi connectivity index (χ1) is 10.0. The molecule has 6 heteroatoms. The van der Waals surface area contributed by atoms with Crippen LogP contribution in [-0.4, -0.2) is 43.0 Å². The van der Waals surface area contributed by atoms with Crippen LogP contribution in [0.3, 0.4) is 0 Å². The highest BCUT2D eigenvalue weighted by Crippen LogP contribution is 2.24. The van der Waals surface area contributed by atoms with Crippen LogP contribution in [0.15, 0.2) is 24.3 Å². The Bertz CT molecular complexity index is 487. The number of nitrogens with two attached hydrogens (primary N) is 1. The number of amides is 2. The lowest BCUT2D eigenvalue weighted by Crippen LogP contribution is -2.41. The third-order valence-electron chi connectivity index (χ3n) is 3.28. The van der Waals surface area contributed by atoms with E-state index < -0.39 is 11.9 Å². The number of hydrogen-bond donors (Lipinski definition) is 2. The first-order valence-corrected chi connectivity index (χ1v) is 7.00. The average molecular weight is 293 g/mol. The van der Waals surface area contributed by atoms with Crippen LogP contribution in [0.2, 0.25) is 0 Å². The Labute approximate surface area is 125 Å². The van der Waals surface area contributed by atoms with E-state index >= 15 is 0 Å². The SMILES string of the molecule is CCN(CC)C(=O)CC(Nc1ccccc1OC)C(N)=O. The first-order valence-electron chi connectivity index (χ1n) is 7.00. The van der Waals surface area contributed by atoms with E-state index in [4.69, 9.17) is 10.5 Å². The van der Waals surface area contributed by atoms with Crippen molar-refractivity contribution in [3.8, 4) is 5.75 Å². The molecule has 116 valence electrons. The maximum absolute atomic E-state index is 12.1. The molecule has 2 amide bonds. The summed E-state index contributed by atoms with van der Waals surface area (Å²) in [5.41, 5.74) is 6.03. The smallest absolute Gasteiger partial charge is 0.240 e. The summed E-state index contributed by atoms with van der Waals surface area (Å²) in [6.07, 6.45) is 0.0229. The van der Waals surface area contributed by atoms with Gasteiger partial charge in [-0.1, -0.05) is 12.1 Å². The highest BCUT2D eigenvalue weighted by Gasteiger charge is 2.22. The van der Waals surface area contributed by atoms with Gasteiger partial charge >= 0.3 is 0 Å². The summed E-state index contributed by atoms with van der Waals surface area (Å²) in [7, 11) is 1.54. The van der Waals surface area contributed by atoms with Gasteiger partial charge < -0.3 is 20.7 Å². The van der Waals surface area contributed by atoms with Gasteiger partial charge in [0, 0.05) is 13.1 Å². The molecule has 0 aromatic heterocycles. The molecule has 1 unspecified atom stereocenters. The normalized spacial score (nSPS) is 11.6. The predicted octanol–water partition coefficient (Wildman–Crippen LogP) is 1.22. The Morgan fingerprint density at radius 3 is 2.43 bits per heavy atom. The molecule has 0 aliphatic heterocycles. The molecule has 0 aliphatic rings. The van der Waals surface area contributed by atoms with Crippen LogP contribution < -0.4 is 15.8 Å². The molecule has 1 atom stereocenters. The van der Waals surface area contributed by atoms with Gasteiger partial charge in [-0.3, -0.25) is 9.59 Å². The number of nitrogens with zero attached hydrogens (tertiary/aromatic N) is 1. The van der Waals surface area contributed by atoms with E-state index in [0.717, 1.165) is 0 Å². The van der Waals surface area contributed by atoms with E-state index in [1.807, 2.05) is 26.0 Å². The van der Waals surface area contributed by atoms with Crippen LogP contribution in [0.4, 0.5) is 5.69 Å². The molecule has 1 rings (SSSR count). The number of hydrogen-bond acceptors (Lipinski definition) is 4. The molecule has 0 spiro atoms. The molecular weight excluding hydrogens is 270 g/mol. The van der Waals surface area contributed by atoms with E-state index in [1.54, 1.807) is 24.1 Å². The van der Waals surface area contributed by atoms with Crippen molar-refractivity contribution in [3.05, 3.63) is 24.3 Å². The highest BCUT2D eigenvalue weighted by molar-refractivity contribution is 5.89. The molecule has 0 heterocycles. The second kappa shape index (κ2) is 8.14. The van der Waals surface area contributed by atoms with E-state index in [-0.39, 0.29) is 12.3 Å². The Kier molecular flexibility index (Phi) is 6.52. The second-order valence-corrected chi connectivity index (χ2v) is 4.57. The lowest BCUT2D eigenvalue weighted by Gasteiger charge is -2.23. The third-order valence-corrected chi connectivity index (χ3v) is 3.28. The number of methoxy groups -OCH3 is 1. The maximum Gasteiger partial charge on any atom is 0.240 e. The number of nitrogens with one attached hydrogen (secondary N) is 1. The molecule has 0 saturated carbocycles. The van der Waals surface area contributed by atoms with Gasteiger partial charge in [0.15, 0.2) is 0 Å². The van der Waals surface area contributed by atoms with Crippen molar-refractivity contribution in [2.24, 2.45) is 5.73 Å². The fraction of sp³-hybridized carbons (Fsp3) is 0.467. The number of ether oxygens (including phenoxy) is 1. The zero-order chi connectivity index (χ0) is 15.8. The van der Waals surface area contributed by atoms with Crippen molar-refractivity contribution in [3.63, 3.8) is 0 Å². The van der Waals surface area contributed by atoms with Gasteiger partial charge in [0.2, 0.25) is 11.8 Å². The largest absolute Gasteiger partial charge is 0.495 e. The number of primary amides is 1. The minimum atomic E-state index is -0.769. The molecule has 0 aliphatic carbocycles. The van der Waals surface area contributed by atoms with Gasteiger partial charge in [-0.2, -0.15) is 0 Å². The molecular formula is C15H23N3O3. The monoisotopic (exact) mass is 293 g/mol. The average Bonchev–Trinajstić information content (AvgIpc) is 2.48. The van der Waals surface area contributed by atoms with Crippen molar-refractivity contribution in [1.29, 1.82) is 0 Å². The standard InChI is InChI=1S/C15H23N3O3/c1-4-18(5-2)14(19)10-12(15(16)20)17-11-8-6-7-9-13(11)21-3/h6-9,12,17H,4-5,10H2,1-3H3,(H2,16,20). The summed E-state index contributed by atoms with van der Waals surface area (Å²) in [6, 6.07) is 6.41. The van der Waals surface area contributed by atoms with Crippen LogP contribution in [0.25, 0.3) is 0 Å². The molecule has 3 N–H and O–H groups in total. The molecule has 0 bridgehead atoms. The van der Waals surface area contributed by atoms with Gasteiger partial charge in [0.1, 0.15) is 11.8 Å². The van der Waals surface area contributed by atoms with Crippen molar-refractivity contribution in [2.45, 2.75) is 26.3 Å². The Hall–Kier alpha value is -2.24. The molecule has 1 aromatic rings. The van der Waals surface area contributed by atoms with Crippen LogP contribution in [-0.2, 0) is 9.59 Å². The fourth-order valence-corrected chi connectivity index (χ4v) is 2.05. The second-order valence-electron chi connectivity index (χ2n) is 4.57. The Balaban J connectivity index is 2.83. The summed E-state index contributed by atoms with van der Waals surface area (Å²) in [4.78, 5) is 25.4. The fourth-order valence-electron chi connectivity index (χ4n) is 2.05. The zero-order valence-corrected chi connectivity index (χ0v) is 12.8. The van der Waals surface area contributed by atoms with Gasteiger partial charge in [0.05, 0.1) is 19.2 Å².